The van der Waals surface area contributed by atoms with Crippen LogP contribution in [0.15, 0.2) is 37.5 Å². The fourth-order valence-corrected chi connectivity index (χ4v) is 3.19. The SMILES string of the molecule is CN=C(NCc1ccc(Br)s1)NCC(O)c1ccc(C)o1.I. The number of hydrogen-bond acceptors (Lipinski definition) is 4. The zero-order chi connectivity index (χ0) is 15.2. The standard InChI is InChI=1S/C14H18BrN3O2S.HI/c1-9-3-5-12(20-9)11(19)8-18-14(16-2)17-7-10-4-6-13(15)21-10;/h3-6,11,19H,7-8H2,1-2H3,(H2,16,17,18);1H. The summed E-state index contributed by atoms with van der Waals surface area (Å²) >= 11 is 5.11. The second kappa shape index (κ2) is 9.53. The maximum absolute atomic E-state index is 10.0. The molecular formula is C14H19BrIN3O2S. The number of aliphatic hydroxyl groups is 1. The lowest BCUT2D eigenvalue weighted by molar-refractivity contribution is 0.151. The number of thiophene rings is 1. The Hall–Kier alpha value is -0.580. The molecule has 2 aromatic rings. The van der Waals surface area contributed by atoms with Gasteiger partial charge in [-0.05, 0) is 47.1 Å². The molecule has 2 aromatic heterocycles. The predicted octanol–water partition coefficient (Wildman–Crippen LogP) is 3.43. The summed E-state index contributed by atoms with van der Waals surface area (Å²) in [6, 6.07) is 7.68. The zero-order valence-corrected chi connectivity index (χ0v) is 17.0. The summed E-state index contributed by atoms with van der Waals surface area (Å²) < 4.78 is 6.49. The van der Waals surface area contributed by atoms with Gasteiger partial charge in [0.25, 0.3) is 0 Å². The lowest BCUT2D eigenvalue weighted by Gasteiger charge is -2.13. The van der Waals surface area contributed by atoms with Crippen molar-refractivity contribution in [1.82, 2.24) is 10.6 Å². The van der Waals surface area contributed by atoms with E-state index in [1.54, 1.807) is 24.5 Å². The smallest absolute Gasteiger partial charge is 0.191 e. The van der Waals surface area contributed by atoms with E-state index in [0.29, 0.717) is 24.8 Å². The first kappa shape index (κ1) is 19.5. The number of hydrogen-bond donors (Lipinski definition) is 3. The molecule has 3 N–H and O–H groups in total. The molecule has 2 heterocycles. The Labute approximate surface area is 159 Å². The number of rotatable bonds is 5. The number of aliphatic hydroxyl groups excluding tert-OH is 1. The van der Waals surface area contributed by atoms with Crippen molar-refractivity contribution in [3.63, 3.8) is 0 Å². The van der Waals surface area contributed by atoms with Crippen LogP contribution >= 0.6 is 51.2 Å². The van der Waals surface area contributed by atoms with Crippen molar-refractivity contribution < 1.29 is 9.52 Å². The average Bonchev–Trinajstić information content (AvgIpc) is 3.07. The minimum absolute atomic E-state index is 0. The fourth-order valence-electron chi connectivity index (χ4n) is 1.76. The minimum Gasteiger partial charge on any atom is -0.464 e. The van der Waals surface area contributed by atoms with Crippen LogP contribution in [0.25, 0.3) is 0 Å². The Bertz CT molecular complexity index is 615. The first-order valence-electron chi connectivity index (χ1n) is 6.51. The number of furan rings is 1. The molecule has 0 aliphatic carbocycles. The summed E-state index contributed by atoms with van der Waals surface area (Å²) in [5.41, 5.74) is 0. The zero-order valence-electron chi connectivity index (χ0n) is 12.3. The summed E-state index contributed by atoms with van der Waals surface area (Å²) in [6.45, 7) is 2.87. The topological polar surface area (TPSA) is 69.8 Å². The predicted molar refractivity (Wildman–Crippen MR) is 104 cm³/mol. The molecule has 0 saturated heterocycles. The van der Waals surface area contributed by atoms with Gasteiger partial charge in [-0.25, -0.2) is 0 Å². The molecular weight excluding hydrogens is 481 g/mol. The molecule has 1 unspecified atom stereocenters. The van der Waals surface area contributed by atoms with Gasteiger partial charge in [0.1, 0.15) is 17.6 Å². The second-order valence-corrected chi connectivity index (χ2v) is 7.02. The molecule has 1 atom stereocenters. The van der Waals surface area contributed by atoms with E-state index in [1.807, 2.05) is 19.1 Å². The van der Waals surface area contributed by atoms with Gasteiger partial charge in [0, 0.05) is 11.9 Å². The normalized spacial score (nSPS) is 12.6. The molecule has 0 amide bonds. The fraction of sp³-hybridized carbons (Fsp3) is 0.357. The maximum Gasteiger partial charge on any atom is 0.191 e. The van der Waals surface area contributed by atoms with Crippen LogP contribution in [0.2, 0.25) is 0 Å². The molecule has 0 aromatic carbocycles. The van der Waals surface area contributed by atoms with Crippen molar-refractivity contribution in [3.8, 4) is 0 Å². The minimum atomic E-state index is -0.701. The van der Waals surface area contributed by atoms with Gasteiger partial charge in [-0.15, -0.1) is 35.3 Å². The highest BCUT2D eigenvalue weighted by Gasteiger charge is 2.12. The lowest BCUT2D eigenvalue weighted by Crippen LogP contribution is -2.38. The Morgan fingerprint density at radius 1 is 1.36 bits per heavy atom. The van der Waals surface area contributed by atoms with Crippen molar-refractivity contribution in [2.24, 2.45) is 4.99 Å². The quantitative estimate of drug-likeness (QED) is 0.335. The van der Waals surface area contributed by atoms with Gasteiger partial charge in [-0.3, -0.25) is 4.99 Å². The summed E-state index contributed by atoms with van der Waals surface area (Å²) in [7, 11) is 1.70. The third-order valence-corrected chi connectivity index (χ3v) is 4.46. The van der Waals surface area contributed by atoms with Crippen molar-refractivity contribution in [3.05, 3.63) is 44.4 Å². The first-order valence-corrected chi connectivity index (χ1v) is 8.12. The molecule has 0 aliphatic heterocycles. The lowest BCUT2D eigenvalue weighted by atomic mass is 10.3. The molecule has 8 heteroatoms. The monoisotopic (exact) mass is 499 g/mol. The number of aryl methyl sites for hydroxylation is 1. The van der Waals surface area contributed by atoms with Crippen molar-refractivity contribution in [2.75, 3.05) is 13.6 Å². The van der Waals surface area contributed by atoms with Gasteiger partial charge in [0.15, 0.2) is 5.96 Å². The first-order chi connectivity index (χ1) is 10.1. The van der Waals surface area contributed by atoms with Crippen LogP contribution in [0.3, 0.4) is 0 Å². The molecule has 0 spiro atoms. The van der Waals surface area contributed by atoms with Crippen molar-refractivity contribution in [2.45, 2.75) is 19.6 Å². The third kappa shape index (κ3) is 5.90. The van der Waals surface area contributed by atoms with Crippen molar-refractivity contribution in [1.29, 1.82) is 0 Å². The van der Waals surface area contributed by atoms with Crippen LogP contribution in [-0.2, 0) is 6.54 Å². The van der Waals surface area contributed by atoms with E-state index in [9.17, 15) is 5.11 Å². The molecule has 2 rings (SSSR count). The van der Waals surface area contributed by atoms with Gasteiger partial charge in [-0.1, -0.05) is 0 Å². The van der Waals surface area contributed by atoms with Gasteiger partial charge in [-0.2, -0.15) is 0 Å². The van der Waals surface area contributed by atoms with Gasteiger partial charge < -0.3 is 20.2 Å². The van der Waals surface area contributed by atoms with E-state index >= 15 is 0 Å². The van der Waals surface area contributed by atoms with E-state index in [2.05, 4.69) is 37.6 Å². The van der Waals surface area contributed by atoms with E-state index in [-0.39, 0.29) is 24.0 Å². The number of nitrogens with one attached hydrogen (secondary N) is 2. The molecule has 0 bridgehead atoms. The molecule has 5 nitrogen and oxygen atoms in total. The highest BCUT2D eigenvalue weighted by molar-refractivity contribution is 14.0. The molecule has 0 saturated carbocycles. The van der Waals surface area contributed by atoms with E-state index < -0.39 is 6.10 Å². The number of halogens is 2. The van der Waals surface area contributed by atoms with E-state index in [1.165, 1.54) is 4.88 Å². The summed E-state index contributed by atoms with van der Waals surface area (Å²) in [4.78, 5) is 5.33. The van der Waals surface area contributed by atoms with Crippen LogP contribution in [0, 0.1) is 6.92 Å². The van der Waals surface area contributed by atoms with Crippen LogP contribution in [0.5, 0.6) is 0 Å². The highest BCUT2D eigenvalue weighted by atomic mass is 127. The molecule has 0 radical (unpaired) electrons. The van der Waals surface area contributed by atoms with Crippen LogP contribution in [0.4, 0.5) is 0 Å². The van der Waals surface area contributed by atoms with E-state index in [0.717, 1.165) is 9.55 Å². The second-order valence-electron chi connectivity index (χ2n) is 4.48. The Morgan fingerprint density at radius 2 is 2.14 bits per heavy atom. The Kier molecular flexibility index (Phi) is 8.44. The summed E-state index contributed by atoms with van der Waals surface area (Å²) in [5.74, 6) is 1.98. The number of guanidine groups is 1. The van der Waals surface area contributed by atoms with Crippen LogP contribution in [0.1, 0.15) is 22.5 Å². The van der Waals surface area contributed by atoms with Crippen LogP contribution in [-0.4, -0.2) is 24.7 Å². The van der Waals surface area contributed by atoms with E-state index in [4.69, 9.17) is 4.42 Å². The maximum atomic E-state index is 10.0. The Balaban J connectivity index is 0.00000242. The highest BCUT2D eigenvalue weighted by Crippen LogP contribution is 2.21. The molecule has 0 fully saturated rings. The molecule has 122 valence electrons. The summed E-state index contributed by atoms with van der Waals surface area (Å²) in [5, 5.41) is 16.3. The Morgan fingerprint density at radius 3 is 2.68 bits per heavy atom. The third-order valence-electron chi connectivity index (χ3n) is 2.83. The average molecular weight is 500 g/mol. The van der Waals surface area contributed by atoms with Crippen molar-refractivity contribution >= 4 is 57.2 Å². The molecule has 0 aliphatic rings. The molecule has 22 heavy (non-hydrogen) atoms. The van der Waals surface area contributed by atoms with Gasteiger partial charge in [0.05, 0.1) is 16.9 Å². The number of nitrogens with zero attached hydrogens (tertiary/aromatic N) is 1. The summed E-state index contributed by atoms with van der Waals surface area (Å²) in [6.07, 6.45) is -0.701. The largest absolute Gasteiger partial charge is 0.464 e. The number of aliphatic imine (C=N–C) groups is 1. The van der Waals surface area contributed by atoms with Gasteiger partial charge >= 0.3 is 0 Å². The van der Waals surface area contributed by atoms with Gasteiger partial charge in [0.2, 0.25) is 0 Å². The van der Waals surface area contributed by atoms with Crippen LogP contribution < -0.4 is 10.6 Å².